The third kappa shape index (κ3) is 5.84. The second-order valence-electron chi connectivity index (χ2n) is 8.79. The molecule has 0 saturated heterocycles. The molecule has 0 spiro atoms. The second kappa shape index (κ2) is 8.70. The van der Waals surface area contributed by atoms with E-state index in [0.29, 0.717) is 0 Å². The van der Waals surface area contributed by atoms with Crippen molar-refractivity contribution in [2.24, 2.45) is 0 Å². The molecule has 1 atom stereocenters. The zero-order valence-corrected chi connectivity index (χ0v) is 18.0. The van der Waals surface area contributed by atoms with Gasteiger partial charge in [0.25, 0.3) is 0 Å². The number of nitrogens with zero attached hydrogens (tertiary/aromatic N) is 1. The lowest BCUT2D eigenvalue weighted by Gasteiger charge is -2.29. The average molecular weight is 394 g/mol. The number of fused-ring (bicyclic) bond motifs is 1. The molecule has 3 rings (SSSR count). The molecule has 0 aliphatic carbocycles. The molecule has 154 valence electrons. The maximum atomic E-state index is 12.3. The van der Waals surface area contributed by atoms with Gasteiger partial charge in [0, 0.05) is 18.3 Å². The van der Waals surface area contributed by atoms with Crippen LogP contribution in [0.25, 0.3) is 6.08 Å². The lowest BCUT2D eigenvalue weighted by Crippen LogP contribution is -2.39. The Morgan fingerprint density at radius 2 is 1.93 bits per heavy atom. The second-order valence-corrected chi connectivity index (χ2v) is 8.79. The molecule has 2 aromatic carbocycles. The van der Waals surface area contributed by atoms with E-state index < -0.39 is 0 Å². The normalized spacial score (nSPS) is 16.3. The third-order valence-electron chi connectivity index (χ3n) is 4.83. The van der Waals surface area contributed by atoms with Gasteiger partial charge in [-0.1, -0.05) is 45.0 Å². The molecular formula is C24H31N3O2. The first-order valence-corrected chi connectivity index (χ1v) is 9.99. The summed E-state index contributed by atoms with van der Waals surface area (Å²) in [6.07, 6.45) is 3.50. The van der Waals surface area contributed by atoms with E-state index in [4.69, 9.17) is 4.74 Å². The minimum atomic E-state index is -0.160. The molecule has 5 heteroatoms. The van der Waals surface area contributed by atoms with Crippen LogP contribution in [0, 0.1) is 0 Å². The van der Waals surface area contributed by atoms with Gasteiger partial charge in [-0.05, 0) is 54.9 Å². The quantitative estimate of drug-likeness (QED) is 0.741. The van der Waals surface area contributed by atoms with E-state index >= 15 is 0 Å². The van der Waals surface area contributed by atoms with Crippen LogP contribution in [-0.4, -0.2) is 44.1 Å². The zero-order chi connectivity index (χ0) is 21.0. The molecule has 5 nitrogen and oxygen atoms in total. The lowest BCUT2D eigenvalue weighted by atomic mass is 9.87. The molecule has 0 bridgehead atoms. The Morgan fingerprint density at radius 1 is 1.21 bits per heavy atom. The number of amides is 1. The van der Waals surface area contributed by atoms with Gasteiger partial charge in [0.2, 0.25) is 5.91 Å². The van der Waals surface area contributed by atoms with Gasteiger partial charge < -0.3 is 20.3 Å². The molecular weight excluding hydrogens is 362 g/mol. The summed E-state index contributed by atoms with van der Waals surface area (Å²) in [6, 6.07) is 14.0. The van der Waals surface area contributed by atoms with Gasteiger partial charge in [0.1, 0.15) is 11.9 Å². The van der Waals surface area contributed by atoms with Crippen LogP contribution in [0.15, 0.2) is 48.5 Å². The van der Waals surface area contributed by atoms with Crippen molar-refractivity contribution in [2.75, 3.05) is 37.8 Å². The number of nitrogens with one attached hydrogen (secondary N) is 2. The van der Waals surface area contributed by atoms with Crippen molar-refractivity contribution < 1.29 is 9.53 Å². The third-order valence-corrected chi connectivity index (χ3v) is 4.83. The van der Waals surface area contributed by atoms with Gasteiger partial charge in [0.05, 0.1) is 12.2 Å². The van der Waals surface area contributed by atoms with Crippen molar-refractivity contribution >= 4 is 23.4 Å². The van der Waals surface area contributed by atoms with Gasteiger partial charge >= 0.3 is 0 Å². The summed E-state index contributed by atoms with van der Waals surface area (Å²) in [6.45, 7) is 8.16. The molecule has 0 aromatic heterocycles. The predicted molar refractivity (Wildman–Crippen MR) is 121 cm³/mol. The molecule has 29 heavy (non-hydrogen) atoms. The number of benzene rings is 2. The molecule has 1 unspecified atom stereocenters. The molecule has 1 heterocycles. The van der Waals surface area contributed by atoms with E-state index in [1.807, 2.05) is 50.5 Å². The van der Waals surface area contributed by atoms with Crippen LogP contribution in [0.2, 0.25) is 0 Å². The molecule has 1 aliphatic heterocycles. The fourth-order valence-corrected chi connectivity index (χ4v) is 3.25. The number of anilines is 2. The highest BCUT2D eigenvalue weighted by atomic mass is 16.5. The summed E-state index contributed by atoms with van der Waals surface area (Å²) < 4.78 is 6.01. The van der Waals surface area contributed by atoms with E-state index in [0.717, 1.165) is 35.8 Å². The Balaban J connectivity index is 1.59. The Morgan fingerprint density at radius 3 is 2.59 bits per heavy atom. The minimum Gasteiger partial charge on any atom is -0.485 e. The number of carbonyl (C=O) groups is 1. The van der Waals surface area contributed by atoms with E-state index in [-0.39, 0.29) is 17.4 Å². The first-order chi connectivity index (χ1) is 13.7. The van der Waals surface area contributed by atoms with Crippen LogP contribution in [0.3, 0.4) is 0 Å². The number of carbonyl (C=O) groups excluding carboxylic acids is 1. The molecule has 1 aliphatic rings. The average Bonchev–Trinajstić information content (AvgIpc) is 2.65. The van der Waals surface area contributed by atoms with E-state index in [1.165, 1.54) is 5.56 Å². The standard InChI is InChI=1S/C24H31N3O2/c1-24(2,3)18-9-6-17(7-10-18)8-13-23(28)26-19-11-12-22-21(14-19)25-15-20(29-22)16-27(4)5/h6-14,20,25H,15-16H2,1-5H3,(H,26,28)/b13-8+. The fourth-order valence-electron chi connectivity index (χ4n) is 3.25. The largest absolute Gasteiger partial charge is 0.485 e. The maximum absolute atomic E-state index is 12.3. The fraction of sp³-hybridized carbons (Fsp3) is 0.375. The number of hydrogen-bond acceptors (Lipinski definition) is 4. The Kier molecular flexibility index (Phi) is 6.28. The van der Waals surface area contributed by atoms with Crippen molar-refractivity contribution in [3.63, 3.8) is 0 Å². The number of rotatable bonds is 5. The summed E-state index contributed by atoms with van der Waals surface area (Å²) in [4.78, 5) is 14.4. The Hall–Kier alpha value is -2.79. The molecule has 2 N–H and O–H groups in total. The summed E-state index contributed by atoms with van der Waals surface area (Å²) >= 11 is 0. The van der Waals surface area contributed by atoms with Crippen LogP contribution in [0.4, 0.5) is 11.4 Å². The predicted octanol–water partition coefficient (Wildman–Crippen LogP) is 4.37. The van der Waals surface area contributed by atoms with Crippen molar-refractivity contribution in [2.45, 2.75) is 32.3 Å². The van der Waals surface area contributed by atoms with E-state index in [2.05, 4.69) is 48.4 Å². The lowest BCUT2D eigenvalue weighted by molar-refractivity contribution is -0.111. The first-order valence-electron chi connectivity index (χ1n) is 9.99. The topological polar surface area (TPSA) is 53.6 Å². The molecule has 0 saturated carbocycles. The van der Waals surface area contributed by atoms with Gasteiger partial charge in [0.15, 0.2) is 0 Å². The van der Waals surface area contributed by atoms with Crippen molar-refractivity contribution in [1.82, 2.24) is 4.90 Å². The van der Waals surface area contributed by atoms with Crippen LogP contribution < -0.4 is 15.4 Å². The van der Waals surface area contributed by atoms with Gasteiger partial charge in [-0.3, -0.25) is 4.79 Å². The summed E-state index contributed by atoms with van der Waals surface area (Å²) in [5, 5.41) is 6.30. The minimum absolute atomic E-state index is 0.116. The summed E-state index contributed by atoms with van der Waals surface area (Å²) in [7, 11) is 4.06. The van der Waals surface area contributed by atoms with E-state index in [9.17, 15) is 4.79 Å². The number of likely N-dealkylation sites (N-methyl/N-ethyl adjacent to an activating group) is 1. The van der Waals surface area contributed by atoms with Crippen molar-refractivity contribution in [3.05, 3.63) is 59.7 Å². The maximum Gasteiger partial charge on any atom is 0.248 e. The highest BCUT2D eigenvalue weighted by Gasteiger charge is 2.20. The molecule has 1 amide bonds. The van der Waals surface area contributed by atoms with Crippen LogP contribution in [0.1, 0.15) is 31.9 Å². The molecule has 0 radical (unpaired) electrons. The van der Waals surface area contributed by atoms with Crippen LogP contribution in [0.5, 0.6) is 5.75 Å². The highest BCUT2D eigenvalue weighted by molar-refractivity contribution is 6.02. The Bertz CT molecular complexity index is 880. The summed E-state index contributed by atoms with van der Waals surface area (Å²) in [5.74, 6) is 0.655. The van der Waals surface area contributed by atoms with E-state index in [1.54, 1.807) is 6.08 Å². The van der Waals surface area contributed by atoms with Crippen LogP contribution >= 0.6 is 0 Å². The smallest absolute Gasteiger partial charge is 0.248 e. The van der Waals surface area contributed by atoms with Crippen LogP contribution in [-0.2, 0) is 10.2 Å². The first kappa shape index (κ1) is 20.9. The number of ether oxygens (including phenoxy) is 1. The van der Waals surface area contributed by atoms with Gasteiger partial charge in [-0.2, -0.15) is 0 Å². The highest BCUT2D eigenvalue weighted by Crippen LogP contribution is 2.32. The van der Waals surface area contributed by atoms with Gasteiger partial charge in [-0.15, -0.1) is 0 Å². The SMILES string of the molecule is CN(C)CC1CNc2cc(NC(=O)/C=C/c3ccc(C(C)(C)C)cc3)ccc2O1. The van der Waals surface area contributed by atoms with Gasteiger partial charge in [-0.25, -0.2) is 0 Å². The molecule has 0 fully saturated rings. The Labute approximate surface area is 173 Å². The van der Waals surface area contributed by atoms with Crippen molar-refractivity contribution in [1.29, 1.82) is 0 Å². The van der Waals surface area contributed by atoms with Crippen molar-refractivity contribution in [3.8, 4) is 5.75 Å². The monoisotopic (exact) mass is 393 g/mol. The summed E-state index contributed by atoms with van der Waals surface area (Å²) in [5.41, 5.74) is 4.04. The zero-order valence-electron chi connectivity index (χ0n) is 18.0. The molecule has 2 aromatic rings. The number of hydrogen-bond donors (Lipinski definition) is 2.